The molecule has 1 N–H and O–H groups in total. The number of likely N-dealkylation sites (tertiary alicyclic amines) is 1. The van der Waals surface area contributed by atoms with Crippen LogP contribution in [-0.4, -0.2) is 54.5 Å². The fourth-order valence-corrected chi connectivity index (χ4v) is 4.16. The highest BCUT2D eigenvalue weighted by Crippen LogP contribution is 2.46. The van der Waals surface area contributed by atoms with Crippen LogP contribution < -0.4 is 14.2 Å². The summed E-state index contributed by atoms with van der Waals surface area (Å²) in [5.74, 6) is 0.828. The van der Waals surface area contributed by atoms with Gasteiger partial charge in [0.15, 0.2) is 17.4 Å². The second-order valence-corrected chi connectivity index (χ2v) is 6.90. The molecule has 1 aromatic carbocycles. The molecule has 0 radical (unpaired) electrons. The van der Waals surface area contributed by atoms with Crippen molar-refractivity contribution in [1.82, 2.24) is 9.88 Å². The van der Waals surface area contributed by atoms with E-state index >= 15 is 0 Å². The number of hydrogen-bond donors (Lipinski definition) is 1. The summed E-state index contributed by atoms with van der Waals surface area (Å²) in [6.45, 7) is 0.775. The summed E-state index contributed by atoms with van der Waals surface area (Å²) >= 11 is 0. The van der Waals surface area contributed by atoms with Crippen molar-refractivity contribution in [2.75, 3.05) is 27.5 Å². The number of nitrogens with zero attached hydrogens (tertiary/aromatic N) is 2. The van der Waals surface area contributed by atoms with E-state index in [9.17, 15) is 9.90 Å². The van der Waals surface area contributed by atoms with Crippen LogP contribution in [0, 0.1) is 5.92 Å². The summed E-state index contributed by atoms with van der Waals surface area (Å²) < 4.78 is 21.7. The lowest BCUT2D eigenvalue weighted by Gasteiger charge is -2.23. The average Bonchev–Trinajstić information content (AvgIpc) is 3.38. The molecule has 4 rings (SSSR count). The molecule has 3 heterocycles. The SMILES string of the molecule is COc1cc(C2CN(C)C(CCc3ncco3)C2C(=O)O)cc2c1OCO2. The van der Waals surface area contributed by atoms with Crippen LogP contribution in [0.25, 0.3) is 0 Å². The Bertz CT molecular complexity index is 822. The summed E-state index contributed by atoms with van der Waals surface area (Å²) in [7, 11) is 3.52. The molecule has 2 aliphatic heterocycles. The first-order valence-electron chi connectivity index (χ1n) is 8.87. The molecule has 3 unspecified atom stereocenters. The van der Waals surface area contributed by atoms with Gasteiger partial charge in [-0.3, -0.25) is 4.79 Å². The molecular formula is C19H22N2O6. The van der Waals surface area contributed by atoms with Crippen molar-refractivity contribution in [3.8, 4) is 17.2 Å². The predicted molar refractivity (Wildman–Crippen MR) is 94.2 cm³/mol. The van der Waals surface area contributed by atoms with Crippen LogP contribution in [0.3, 0.4) is 0 Å². The molecule has 2 aliphatic rings. The van der Waals surface area contributed by atoms with Gasteiger partial charge in [-0.25, -0.2) is 4.98 Å². The second kappa shape index (κ2) is 7.11. The highest BCUT2D eigenvalue weighted by Gasteiger charge is 2.45. The Hall–Kier alpha value is -2.74. The first-order valence-corrected chi connectivity index (χ1v) is 8.87. The minimum Gasteiger partial charge on any atom is -0.493 e. The van der Waals surface area contributed by atoms with Gasteiger partial charge < -0.3 is 28.6 Å². The largest absolute Gasteiger partial charge is 0.493 e. The first kappa shape index (κ1) is 17.7. The Morgan fingerprint density at radius 2 is 2.26 bits per heavy atom. The van der Waals surface area contributed by atoms with E-state index < -0.39 is 11.9 Å². The molecule has 3 atom stereocenters. The number of likely N-dealkylation sites (N-methyl/N-ethyl adjacent to an activating group) is 1. The van der Waals surface area contributed by atoms with Gasteiger partial charge in [0.1, 0.15) is 6.26 Å². The lowest BCUT2D eigenvalue weighted by molar-refractivity contribution is -0.143. The Labute approximate surface area is 156 Å². The smallest absolute Gasteiger partial charge is 0.308 e. The van der Waals surface area contributed by atoms with Gasteiger partial charge in [-0.1, -0.05) is 0 Å². The minimum atomic E-state index is -0.807. The molecule has 144 valence electrons. The monoisotopic (exact) mass is 374 g/mol. The Morgan fingerprint density at radius 1 is 1.41 bits per heavy atom. The Kier molecular flexibility index (Phi) is 4.65. The van der Waals surface area contributed by atoms with Gasteiger partial charge in [-0.05, 0) is 31.2 Å². The number of fused-ring (bicyclic) bond motifs is 1. The number of aliphatic carboxylic acids is 1. The number of aryl methyl sites for hydroxylation is 1. The number of rotatable bonds is 6. The first-order chi connectivity index (χ1) is 13.1. The van der Waals surface area contributed by atoms with Crippen molar-refractivity contribution in [2.45, 2.75) is 24.8 Å². The molecule has 0 spiro atoms. The minimum absolute atomic E-state index is 0.115. The van der Waals surface area contributed by atoms with Crippen molar-refractivity contribution in [3.63, 3.8) is 0 Å². The van der Waals surface area contributed by atoms with Gasteiger partial charge >= 0.3 is 5.97 Å². The molecule has 0 amide bonds. The lowest BCUT2D eigenvalue weighted by Crippen LogP contribution is -2.34. The molecule has 0 aliphatic carbocycles. The van der Waals surface area contributed by atoms with Gasteiger partial charge in [0, 0.05) is 24.9 Å². The number of hydrogen-bond acceptors (Lipinski definition) is 7. The molecule has 1 saturated heterocycles. The molecule has 2 aromatic rings. The van der Waals surface area contributed by atoms with Crippen molar-refractivity contribution >= 4 is 5.97 Å². The summed E-state index contributed by atoms with van der Waals surface area (Å²) in [5, 5.41) is 9.96. The van der Waals surface area contributed by atoms with E-state index in [4.69, 9.17) is 18.6 Å². The summed E-state index contributed by atoms with van der Waals surface area (Å²) in [6, 6.07) is 3.62. The van der Waals surface area contributed by atoms with E-state index in [1.807, 2.05) is 19.2 Å². The van der Waals surface area contributed by atoms with Gasteiger partial charge in [0.25, 0.3) is 0 Å². The standard InChI is InChI=1S/C19H22N2O6/c1-21-9-12(11-7-14(24-2)18-15(8-11)26-10-27-18)17(19(22)23)13(21)3-4-16-20-5-6-25-16/h5-8,12-13,17H,3-4,9-10H2,1-2H3,(H,22,23). The highest BCUT2D eigenvalue weighted by atomic mass is 16.7. The topological polar surface area (TPSA) is 94.3 Å². The van der Waals surface area contributed by atoms with E-state index in [2.05, 4.69) is 9.88 Å². The Balaban J connectivity index is 1.61. The number of methoxy groups -OCH3 is 1. The van der Waals surface area contributed by atoms with Crippen LogP contribution >= 0.6 is 0 Å². The third kappa shape index (κ3) is 3.21. The molecule has 0 saturated carbocycles. The van der Waals surface area contributed by atoms with Crippen LogP contribution in [-0.2, 0) is 11.2 Å². The number of ether oxygens (including phenoxy) is 3. The maximum atomic E-state index is 12.1. The number of benzene rings is 1. The van der Waals surface area contributed by atoms with Crippen LogP contribution in [0.15, 0.2) is 29.0 Å². The third-order valence-electron chi connectivity index (χ3n) is 5.43. The number of carboxylic acid groups (broad SMARTS) is 1. The zero-order valence-corrected chi connectivity index (χ0v) is 15.3. The van der Waals surface area contributed by atoms with E-state index in [1.165, 1.54) is 6.26 Å². The van der Waals surface area contributed by atoms with Crippen molar-refractivity contribution in [3.05, 3.63) is 36.0 Å². The maximum absolute atomic E-state index is 12.1. The van der Waals surface area contributed by atoms with Crippen molar-refractivity contribution in [2.24, 2.45) is 5.92 Å². The predicted octanol–water partition coefficient (Wildman–Crippen LogP) is 2.14. The number of carbonyl (C=O) groups is 1. The fourth-order valence-electron chi connectivity index (χ4n) is 4.16. The van der Waals surface area contributed by atoms with E-state index in [0.717, 1.165) is 5.56 Å². The van der Waals surface area contributed by atoms with Gasteiger partial charge in [0.2, 0.25) is 12.5 Å². The summed E-state index contributed by atoms with van der Waals surface area (Å²) in [4.78, 5) is 18.4. The second-order valence-electron chi connectivity index (χ2n) is 6.90. The molecule has 8 nitrogen and oxygen atoms in total. The van der Waals surface area contributed by atoms with E-state index in [-0.39, 0.29) is 18.8 Å². The summed E-state index contributed by atoms with van der Waals surface area (Å²) in [6.07, 6.45) is 4.39. The molecular weight excluding hydrogens is 352 g/mol. The Morgan fingerprint density at radius 3 is 2.96 bits per heavy atom. The van der Waals surface area contributed by atoms with Crippen molar-refractivity contribution in [1.29, 1.82) is 0 Å². The molecule has 8 heteroatoms. The highest BCUT2D eigenvalue weighted by molar-refractivity contribution is 5.73. The quantitative estimate of drug-likeness (QED) is 0.822. The normalized spacial score (nSPS) is 24.3. The zero-order valence-electron chi connectivity index (χ0n) is 15.3. The molecule has 27 heavy (non-hydrogen) atoms. The number of oxazole rings is 1. The third-order valence-corrected chi connectivity index (χ3v) is 5.43. The molecule has 0 bridgehead atoms. The lowest BCUT2D eigenvalue weighted by atomic mass is 9.83. The van der Waals surface area contributed by atoms with E-state index in [0.29, 0.717) is 42.5 Å². The van der Waals surface area contributed by atoms with Crippen LogP contribution in [0.2, 0.25) is 0 Å². The van der Waals surface area contributed by atoms with Gasteiger partial charge in [-0.15, -0.1) is 0 Å². The molecule has 1 fully saturated rings. The summed E-state index contributed by atoms with van der Waals surface area (Å²) in [5.41, 5.74) is 0.883. The number of carboxylic acids is 1. The van der Waals surface area contributed by atoms with E-state index in [1.54, 1.807) is 13.3 Å². The van der Waals surface area contributed by atoms with Crippen LogP contribution in [0.4, 0.5) is 0 Å². The fraction of sp³-hybridized carbons (Fsp3) is 0.474. The molecule has 1 aromatic heterocycles. The maximum Gasteiger partial charge on any atom is 0.308 e. The van der Waals surface area contributed by atoms with Crippen molar-refractivity contribution < 1.29 is 28.5 Å². The zero-order chi connectivity index (χ0) is 19.0. The van der Waals surface area contributed by atoms with Gasteiger partial charge in [0.05, 0.1) is 19.2 Å². The van der Waals surface area contributed by atoms with Crippen LogP contribution in [0.1, 0.15) is 23.8 Å². The average molecular weight is 374 g/mol. The van der Waals surface area contributed by atoms with Gasteiger partial charge in [-0.2, -0.15) is 0 Å². The van der Waals surface area contributed by atoms with Crippen LogP contribution in [0.5, 0.6) is 17.2 Å². The number of aromatic nitrogens is 1.